The number of anilines is 1. The highest BCUT2D eigenvalue weighted by atomic mass is 35.5. The number of rotatable bonds is 5. The third kappa shape index (κ3) is 4.23. The zero-order chi connectivity index (χ0) is 17.8. The maximum absolute atomic E-state index is 11.9. The highest BCUT2D eigenvalue weighted by Crippen LogP contribution is 2.22. The van der Waals surface area contributed by atoms with Gasteiger partial charge >= 0.3 is 5.97 Å². The second-order valence-electron chi connectivity index (χ2n) is 4.93. The lowest BCUT2D eigenvalue weighted by Gasteiger charge is -2.07. The van der Waals surface area contributed by atoms with Gasteiger partial charge in [-0.2, -0.15) is 0 Å². The number of benzene rings is 1. The van der Waals surface area contributed by atoms with Gasteiger partial charge in [0, 0.05) is 6.20 Å². The number of nitrogens with one attached hydrogen (secondary N) is 1. The number of carbonyl (C=O) groups is 2. The van der Waals surface area contributed by atoms with E-state index in [1.165, 1.54) is 16.9 Å². The van der Waals surface area contributed by atoms with Crippen molar-refractivity contribution in [2.24, 2.45) is 0 Å². The van der Waals surface area contributed by atoms with E-state index in [1.807, 2.05) is 12.1 Å². The summed E-state index contributed by atoms with van der Waals surface area (Å²) in [5.74, 6) is -1.07. The van der Waals surface area contributed by atoms with E-state index in [2.05, 4.69) is 20.6 Å². The first-order valence-electron chi connectivity index (χ1n) is 7.07. The average molecular weight is 380 g/mol. The molecule has 8 nitrogen and oxygen atoms in total. The molecule has 0 aliphatic heterocycles. The van der Waals surface area contributed by atoms with Gasteiger partial charge in [0.1, 0.15) is 12.1 Å². The van der Waals surface area contributed by atoms with Gasteiger partial charge in [-0.05, 0) is 18.2 Å². The number of halogens is 2. The first-order chi connectivity index (χ1) is 12.0. The molecular weight excluding hydrogens is 369 g/mol. The molecule has 0 saturated carbocycles. The number of aromatic nitrogens is 4. The van der Waals surface area contributed by atoms with Crippen LogP contribution in [-0.4, -0.2) is 38.5 Å². The first kappa shape index (κ1) is 17.1. The quantitative estimate of drug-likeness (QED) is 0.682. The molecule has 1 amide bonds. The van der Waals surface area contributed by atoms with Gasteiger partial charge < -0.3 is 10.1 Å². The summed E-state index contributed by atoms with van der Waals surface area (Å²) in [6, 6.07) is 8.63. The highest BCUT2D eigenvalue weighted by molar-refractivity contribution is 6.36. The van der Waals surface area contributed by atoms with Gasteiger partial charge in [0.2, 0.25) is 0 Å². The van der Waals surface area contributed by atoms with E-state index in [1.54, 1.807) is 12.1 Å². The standard InChI is InChI=1S/C15H11Cl2N5O3/c16-9-5-10(17)15(18-6-9)19-13(23)8-25-14(24)7-22-12-4-2-1-3-11(12)20-21-22/h1-6H,7-8H2,(H,18,19,23). The fraction of sp³-hybridized carbons (Fsp3) is 0.133. The Bertz CT molecular complexity index is 944. The summed E-state index contributed by atoms with van der Waals surface area (Å²) in [7, 11) is 0. The summed E-state index contributed by atoms with van der Waals surface area (Å²) in [6.45, 7) is -0.639. The number of hydrogen-bond acceptors (Lipinski definition) is 6. The van der Waals surface area contributed by atoms with Crippen LogP contribution in [0.15, 0.2) is 36.5 Å². The second kappa shape index (κ2) is 7.45. The number of fused-ring (bicyclic) bond motifs is 1. The molecule has 128 valence electrons. The van der Waals surface area contributed by atoms with E-state index in [4.69, 9.17) is 27.9 Å². The van der Waals surface area contributed by atoms with Crippen LogP contribution in [0.4, 0.5) is 5.82 Å². The van der Waals surface area contributed by atoms with Crippen LogP contribution >= 0.6 is 23.2 Å². The predicted octanol–water partition coefficient (Wildman–Crippen LogP) is 2.31. The van der Waals surface area contributed by atoms with Crippen LogP contribution in [0.3, 0.4) is 0 Å². The van der Waals surface area contributed by atoms with E-state index in [0.29, 0.717) is 16.1 Å². The summed E-state index contributed by atoms with van der Waals surface area (Å²) in [5, 5.41) is 10.8. The SMILES string of the molecule is O=C(COC(=O)Cn1nnc2ccccc21)Nc1ncc(Cl)cc1Cl. The molecule has 0 aliphatic rings. The Labute approximate surface area is 151 Å². The van der Waals surface area contributed by atoms with E-state index >= 15 is 0 Å². The van der Waals surface area contributed by atoms with Crippen molar-refractivity contribution in [2.45, 2.75) is 6.54 Å². The van der Waals surface area contributed by atoms with Gasteiger partial charge in [-0.25, -0.2) is 9.67 Å². The molecule has 0 bridgehead atoms. The molecule has 0 unspecified atom stereocenters. The van der Waals surface area contributed by atoms with E-state index in [9.17, 15) is 9.59 Å². The van der Waals surface area contributed by atoms with Crippen molar-refractivity contribution in [2.75, 3.05) is 11.9 Å². The number of amides is 1. The minimum atomic E-state index is -0.624. The Hall–Kier alpha value is -2.71. The lowest BCUT2D eigenvalue weighted by atomic mass is 10.3. The van der Waals surface area contributed by atoms with Crippen molar-refractivity contribution in [3.8, 4) is 0 Å². The number of nitrogens with zero attached hydrogens (tertiary/aromatic N) is 4. The zero-order valence-electron chi connectivity index (χ0n) is 12.6. The Morgan fingerprint density at radius 1 is 1.24 bits per heavy atom. The van der Waals surface area contributed by atoms with Crippen molar-refractivity contribution in [1.29, 1.82) is 0 Å². The predicted molar refractivity (Wildman–Crippen MR) is 91.4 cm³/mol. The molecule has 2 heterocycles. The number of esters is 1. The maximum atomic E-state index is 11.9. The molecule has 3 aromatic rings. The first-order valence-corrected chi connectivity index (χ1v) is 7.83. The molecule has 1 N–H and O–H groups in total. The Kier molecular flexibility index (Phi) is 5.11. The molecule has 3 rings (SSSR count). The fourth-order valence-electron chi connectivity index (χ4n) is 2.02. The fourth-order valence-corrected chi connectivity index (χ4v) is 2.45. The second-order valence-corrected chi connectivity index (χ2v) is 5.77. The minimum Gasteiger partial charge on any atom is -0.454 e. The normalized spacial score (nSPS) is 10.6. The summed E-state index contributed by atoms with van der Waals surface area (Å²) in [4.78, 5) is 27.6. The minimum absolute atomic E-state index is 0.134. The Morgan fingerprint density at radius 3 is 2.84 bits per heavy atom. The molecule has 0 fully saturated rings. The van der Waals surface area contributed by atoms with Crippen molar-refractivity contribution in [3.63, 3.8) is 0 Å². The van der Waals surface area contributed by atoms with Crippen molar-refractivity contribution in [1.82, 2.24) is 20.0 Å². The largest absolute Gasteiger partial charge is 0.454 e. The number of para-hydroxylation sites is 1. The highest BCUT2D eigenvalue weighted by Gasteiger charge is 2.13. The smallest absolute Gasteiger partial charge is 0.328 e. The number of carbonyl (C=O) groups excluding carboxylic acids is 2. The van der Waals surface area contributed by atoms with E-state index in [0.717, 1.165) is 0 Å². The van der Waals surface area contributed by atoms with Crippen LogP contribution in [0.1, 0.15) is 0 Å². The van der Waals surface area contributed by atoms with Gasteiger partial charge in [0.25, 0.3) is 5.91 Å². The van der Waals surface area contributed by atoms with E-state index in [-0.39, 0.29) is 17.4 Å². The summed E-state index contributed by atoms with van der Waals surface area (Å²) >= 11 is 11.6. The number of ether oxygens (including phenoxy) is 1. The third-order valence-electron chi connectivity index (χ3n) is 3.13. The van der Waals surface area contributed by atoms with Crippen LogP contribution in [0.25, 0.3) is 11.0 Å². The monoisotopic (exact) mass is 379 g/mol. The van der Waals surface area contributed by atoms with Gasteiger partial charge in [-0.15, -0.1) is 5.10 Å². The van der Waals surface area contributed by atoms with Gasteiger partial charge in [-0.1, -0.05) is 40.5 Å². The van der Waals surface area contributed by atoms with Crippen molar-refractivity contribution < 1.29 is 14.3 Å². The molecular formula is C15H11Cl2N5O3. The molecule has 1 aromatic carbocycles. The van der Waals surface area contributed by atoms with Crippen LogP contribution in [0.2, 0.25) is 10.0 Å². The number of hydrogen-bond donors (Lipinski definition) is 1. The molecule has 2 aromatic heterocycles. The Balaban J connectivity index is 1.54. The summed E-state index contributed by atoms with van der Waals surface area (Å²) < 4.78 is 6.32. The topological polar surface area (TPSA) is 99.0 Å². The maximum Gasteiger partial charge on any atom is 0.328 e. The molecule has 0 saturated heterocycles. The van der Waals surface area contributed by atoms with Gasteiger partial charge in [-0.3, -0.25) is 9.59 Å². The third-order valence-corrected chi connectivity index (χ3v) is 3.62. The molecule has 0 aliphatic carbocycles. The lowest BCUT2D eigenvalue weighted by Crippen LogP contribution is -2.23. The molecule has 25 heavy (non-hydrogen) atoms. The van der Waals surface area contributed by atoms with Crippen molar-refractivity contribution >= 4 is 51.9 Å². The average Bonchev–Trinajstić information content (AvgIpc) is 2.99. The molecule has 10 heteroatoms. The molecule has 0 radical (unpaired) electrons. The van der Waals surface area contributed by atoms with Gasteiger partial charge in [0.15, 0.2) is 12.4 Å². The zero-order valence-corrected chi connectivity index (χ0v) is 14.2. The lowest BCUT2D eigenvalue weighted by molar-refractivity contribution is -0.148. The van der Waals surface area contributed by atoms with Crippen LogP contribution in [0, 0.1) is 0 Å². The summed E-state index contributed by atoms with van der Waals surface area (Å²) in [6.07, 6.45) is 1.34. The molecule has 0 atom stereocenters. The van der Waals surface area contributed by atoms with Gasteiger partial charge in [0.05, 0.1) is 15.6 Å². The van der Waals surface area contributed by atoms with Crippen LogP contribution in [-0.2, 0) is 20.9 Å². The van der Waals surface area contributed by atoms with E-state index < -0.39 is 18.5 Å². The molecule has 0 spiro atoms. The Morgan fingerprint density at radius 2 is 2.04 bits per heavy atom. The van der Waals surface area contributed by atoms with Crippen LogP contribution < -0.4 is 5.32 Å². The van der Waals surface area contributed by atoms with Crippen molar-refractivity contribution in [3.05, 3.63) is 46.6 Å². The summed E-state index contributed by atoms with van der Waals surface area (Å²) in [5.41, 5.74) is 1.36. The van der Waals surface area contributed by atoms with Crippen LogP contribution in [0.5, 0.6) is 0 Å². The number of pyridine rings is 1.